The smallest absolute Gasteiger partial charge is 0.242 e. The van der Waals surface area contributed by atoms with Gasteiger partial charge < -0.3 is 14.5 Å². The van der Waals surface area contributed by atoms with E-state index in [-0.39, 0.29) is 29.8 Å². The fourth-order valence-electron chi connectivity index (χ4n) is 4.72. The number of likely N-dealkylation sites (tertiary alicyclic amines) is 2. The molecule has 1 aromatic carbocycles. The molecule has 1 atom stereocenters. The Morgan fingerprint density at radius 2 is 2.12 bits per heavy atom. The summed E-state index contributed by atoms with van der Waals surface area (Å²) in [4.78, 5) is 28.8. The first kappa shape index (κ1) is 16.4. The zero-order valence-corrected chi connectivity index (χ0v) is 14.9. The maximum atomic E-state index is 12.8. The number of methoxy groups -OCH3 is 1. The van der Waals surface area contributed by atoms with Gasteiger partial charge in [0.05, 0.1) is 19.7 Å². The Morgan fingerprint density at radius 1 is 1.32 bits per heavy atom. The molecule has 4 rings (SSSR count). The predicted molar refractivity (Wildman–Crippen MR) is 94.2 cm³/mol. The van der Waals surface area contributed by atoms with Gasteiger partial charge in [-0.15, -0.1) is 0 Å². The summed E-state index contributed by atoms with van der Waals surface area (Å²) < 4.78 is 5.29. The first-order chi connectivity index (χ1) is 12.1. The number of hydrogen-bond acceptors (Lipinski definition) is 3. The van der Waals surface area contributed by atoms with E-state index in [1.165, 1.54) is 12.8 Å². The number of benzene rings is 1. The molecule has 134 valence electrons. The number of ether oxygens (including phenoxy) is 1. The highest BCUT2D eigenvalue weighted by atomic mass is 16.5. The number of carbonyl (C=O) groups is 2. The minimum absolute atomic E-state index is 0.0717. The summed E-state index contributed by atoms with van der Waals surface area (Å²) in [5.74, 6) is 1.05. The molecule has 0 unspecified atom stereocenters. The summed E-state index contributed by atoms with van der Waals surface area (Å²) >= 11 is 0. The molecule has 1 spiro atoms. The predicted octanol–water partition coefficient (Wildman–Crippen LogP) is 2.76. The summed E-state index contributed by atoms with van der Waals surface area (Å²) in [5.41, 5.74) is 1.28. The molecule has 5 heteroatoms. The summed E-state index contributed by atoms with van der Waals surface area (Å²) in [5, 5.41) is 0. The van der Waals surface area contributed by atoms with Crippen molar-refractivity contribution in [1.29, 1.82) is 0 Å². The van der Waals surface area contributed by atoms with Gasteiger partial charge in [0.2, 0.25) is 11.8 Å². The summed E-state index contributed by atoms with van der Waals surface area (Å²) in [7, 11) is 1.65. The average molecular weight is 342 g/mol. The van der Waals surface area contributed by atoms with E-state index < -0.39 is 0 Å². The van der Waals surface area contributed by atoms with Gasteiger partial charge in [-0.2, -0.15) is 0 Å². The molecule has 2 amide bonds. The molecule has 5 nitrogen and oxygen atoms in total. The first-order valence-corrected chi connectivity index (χ1v) is 9.31. The molecular weight excluding hydrogens is 316 g/mol. The van der Waals surface area contributed by atoms with Crippen LogP contribution in [0.3, 0.4) is 0 Å². The van der Waals surface area contributed by atoms with Gasteiger partial charge in [-0.3, -0.25) is 9.59 Å². The molecule has 3 aliphatic rings. The fourth-order valence-corrected chi connectivity index (χ4v) is 4.72. The Kier molecular flexibility index (Phi) is 4.18. The maximum Gasteiger partial charge on any atom is 0.242 e. The second kappa shape index (κ2) is 6.36. The van der Waals surface area contributed by atoms with Crippen molar-refractivity contribution in [2.45, 2.75) is 44.6 Å². The first-order valence-electron chi connectivity index (χ1n) is 9.31. The minimum atomic E-state index is 0.0717. The van der Waals surface area contributed by atoms with Crippen molar-refractivity contribution in [2.75, 3.05) is 26.7 Å². The topological polar surface area (TPSA) is 49.9 Å². The van der Waals surface area contributed by atoms with Crippen molar-refractivity contribution in [1.82, 2.24) is 9.80 Å². The van der Waals surface area contributed by atoms with Gasteiger partial charge in [0.25, 0.3) is 0 Å². The molecule has 2 aliphatic heterocycles. The normalized spacial score (nSPS) is 24.7. The van der Waals surface area contributed by atoms with Gasteiger partial charge in [0.15, 0.2) is 0 Å². The molecule has 0 bridgehead atoms. The Balaban J connectivity index is 1.40. The summed E-state index contributed by atoms with van der Waals surface area (Å²) in [6, 6.07) is 8.03. The van der Waals surface area contributed by atoms with E-state index in [1.54, 1.807) is 12.0 Å². The van der Waals surface area contributed by atoms with Gasteiger partial charge in [-0.05, 0) is 42.4 Å². The zero-order valence-electron chi connectivity index (χ0n) is 14.9. The van der Waals surface area contributed by atoms with E-state index in [2.05, 4.69) is 0 Å². The Hall–Kier alpha value is -2.04. The van der Waals surface area contributed by atoms with E-state index in [4.69, 9.17) is 4.74 Å². The van der Waals surface area contributed by atoms with Crippen LogP contribution in [0.5, 0.6) is 5.75 Å². The van der Waals surface area contributed by atoms with Gasteiger partial charge in [0, 0.05) is 19.5 Å². The monoisotopic (exact) mass is 342 g/mol. The van der Waals surface area contributed by atoms with Crippen molar-refractivity contribution < 1.29 is 14.3 Å². The lowest BCUT2D eigenvalue weighted by Crippen LogP contribution is -2.49. The quantitative estimate of drug-likeness (QED) is 0.845. The number of rotatable bonds is 4. The second-order valence-electron chi connectivity index (χ2n) is 7.80. The lowest BCUT2D eigenvalue weighted by atomic mass is 9.85. The lowest BCUT2D eigenvalue weighted by Gasteiger charge is -2.42. The number of carbonyl (C=O) groups excluding carboxylic acids is 2. The third-order valence-corrected chi connectivity index (χ3v) is 6.21. The highest BCUT2D eigenvalue weighted by Gasteiger charge is 2.46. The third-order valence-electron chi connectivity index (χ3n) is 6.21. The molecular formula is C20H26N2O3. The molecule has 2 saturated heterocycles. The molecule has 0 N–H and O–H groups in total. The highest BCUT2D eigenvalue weighted by molar-refractivity contribution is 5.87. The molecule has 1 saturated carbocycles. The van der Waals surface area contributed by atoms with E-state index in [1.807, 2.05) is 29.2 Å². The average Bonchev–Trinajstić information content (AvgIpc) is 3.13. The molecule has 1 aromatic rings. The van der Waals surface area contributed by atoms with E-state index >= 15 is 0 Å². The Bertz CT molecular complexity index is 681. The Morgan fingerprint density at radius 3 is 2.80 bits per heavy atom. The second-order valence-corrected chi connectivity index (χ2v) is 7.80. The van der Waals surface area contributed by atoms with E-state index in [0.29, 0.717) is 6.42 Å². The van der Waals surface area contributed by atoms with Crippen LogP contribution in [0.15, 0.2) is 24.3 Å². The van der Waals surface area contributed by atoms with Crippen LogP contribution < -0.4 is 4.74 Å². The van der Waals surface area contributed by atoms with E-state index in [9.17, 15) is 9.59 Å². The fraction of sp³-hybridized carbons (Fsp3) is 0.600. The largest absolute Gasteiger partial charge is 0.497 e. The number of amides is 2. The van der Waals surface area contributed by atoms with Crippen LogP contribution in [-0.2, 0) is 9.59 Å². The van der Waals surface area contributed by atoms with Gasteiger partial charge in [-0.1, -0.05) is 25.0 Å². The van der Waals surface area contributed by atoms with Crippen LogP contribution in [0.25, 0.3) is 0 Å². The maximum absolute atomic E-state index is 12.8. The summed E-state index contributed by atoms with van der Waals surface area (Å²) in [6.45, 7) is 1.78. The van der Waals surface area contributed by atoms with Crippen LogP contribution in [-0.4, -0.2) is 48.4 Å². The van der Waals surface area contributed by atoms with Gasteiger partial charge >= 0.3 is 0 Å². The SMILES string of the molecule is COc1cccc([C@@H]2CCN2C(=O)CN2CC3(CCCC3)CC2=O)c1. The van der Waals surface area contributed by atoms with E-state index in [0.717, 1.165) is 43.7 Å². The number of hydrogen-bond donors (Lipinski definition) is 0. The highest BCUT2D eigenvalue weighted by Crippen LogP contribution is 2.46. The number of nitrogens with zero attached hydrogens (tertiary/aromatic N) is 2. The molecule has 2 heterocycles. The van der Waals surface area contributed by atoms with Crippen molar-refractivity contribution in [2.24, 2.45) is 5.41 Å². The molecule has 3 fully saturated rings. The van der Waals surface area contributed by atoms with Crippen LogP contribution in [0, 0.1) is 5.41 Å². The molecule has 0 radical (unpaired) electrons. The standard InChI is InChI=1S/C20H26N2O3/c1-25-16-6-4-5-15(11-16)17-7-10-22(17)19(24)13-21-14-20(12-18(21)23)8-2-3-9-20/h4-6,11,17H,2-3,7-10,12-14H2,1H3/t17-/m0/s1. The molecule has 25 heavy (non-hydrogen) atoms. The lowest BCUT2D eigenvalue weighted by molar-refractivity contribution is -0.144. The zero-order chi connectivity index (χ0) is 17.4. The summed E-state index contributed by atoms with van der Waals surface area (Å²) in [6.07, 6.45) is 6.33. The molecule has 0 aromatic heterocycles. The van der Waals surface area contributed by atoms with Crippen LogP contribution >= 0.6 is 0 Å². The van der Waals surface area contributed by atoms with Gasteiger partial charge in [0.1, 0.15) is 5.75 Å². The minimum Gasteiger partial charge on any atom is -0.497 e. The van der Waals surface area contributed by atoms with Crippen molar-refractivity contribution in [3.05, 3.63) is 29.8 Å². The van der Waals surface area contributed by atoms with Gasteiger partial charge in [-0.25, -0.2) is 0 Å². The van der Waals surface area contributed by atoms with Crippen LogP contribution in [0.4, 0.5) is 0 Å². The van der Waals surface area contributed by atoms with Crippen LogP contribution in [0.2, 0.25) is 0 Å². The van der Waals surface area contributed by atoms with Crippen molar-refractivity contribution in [3.63, 3.8) is 0 Å². The van der Waals surface area contributed by atoms with Crippen LogP contribution in [0.1, 0.15) is 50.1 Å². The third kappa shape index (κ3) is 3.00. The van der Waals surface area contributed by atoms with Crippen molar-refractivity contribution >= 4 is 11.8 Å². The Labute approximate surface area is 148 Å². The van der Waals surface area contributed by atoms with Crippen molar-refractivity contribution in [3.8, 4) is 5.75 Å². The molecule has 1 aliphatic carbocycles.